The molecule has 1 aliphatic rings. The van der Waals surface area contributed by atoms with Gasteiger partial charge in [-0.3, -0.25) is 4.79 Å². The fourth-order valence-electron chi connectivity index (χ4n) is 2.37. The first-order valence-corrected chi connectivity index (χ1v) is 8.25. The minimum atomic E-state index is -0.0637. The van der Waals surface area contributed by atoms with Gasteiger partial charge in [0.15, 0.2) is 0 Å². The molecule has 1 aromatic heterocycles. The lowest BCUT2D eigenvalue weighted by molar-refractivity contribution is 0.0729. The highest BCUT2D eigenvalue weighted by molar-refractivity contribution is 7.09. The van der Waals surface area contributed by atoms with Crippen molar-refractivity contribution >= 4 is 29.7 Å². The number of halogens is 1. The van der Waals surface area contributed by atoms with E-state index in [1.165, 1.54) is 24.2 Å². The molecule has 0 saturated heterocycles. The van der Waals surface area contributed by atoms with Gasteiger partial charge in [-0.15, -0.1) is 23.7 Å². The van der Waals surface area contributed by atoms with Crippen molar-refractivity contribution in [2.75, 3.05) is 6.54 Å². The maximum atomic E-state index is 12.7. The maximum absolute atomic E-state index is 12.7. The van der Waals surface area contributed by atoms with Gasteiger partial charge in [-0.05, 0) is 36.5 Å². The van der Waals surface area contributed by atoms with E-state index in [0.29, 0.717) is 24.7 Å². The van der Waals surface area contributed by atoms with Crippen LogP contribution in [0.4, 0.5) is 0 Å². The molecule has 1 aliphatic carbocycles. The van der Waals surface area contributed by atoms with Gasteiger partial charge in [0.25, 0.3) is 5.91 Å². The molecule has 1 amide bonds. The molecule has 23 heavy (non-hydrogen) atoms. The summed E-state index contributed by atoms with van der Waals surface area (Å²) in [6.45, 7) is 1.58. The zero-order chi connectivity index (χ0) is 15.5. The third-order valence-electron chi connectivity index (χ3n) is 3.69. The van der Waals surface area contributed by atoms with E-state index in [9.17, 15) is 9.90 Å². The predicted octanol–water partition coefficient (Wildman–Crippen LogP) is 2.78. The van der Waals surface area contributed by atoms with Crippen LogP contribution < -0.4 is 5.73 Å². The number of aromatic nitrogens is 1. The first-order chi connectivity index (χ1) is 10.7. The summed E-state index contributed by atoms with van der Waals surface area (Å²) in [5.41, 5.74) is 6.95. The number of nitrogens with two attached hydrogens (primary N) is 1. The number of phenols is 1. The van der Waals surface area contributed by atoms with Gasteiger partial charge in [-0.1, -0.05) is 12.1 Å². The van der Waals surface area contributed by atoms with Crippen LogP contribution in [-0.4, -0.2) is 27.4 Å². The van der Waals surface area contributed by atoms with E-state index in [2.05, 4.69) is 4.98 Å². The third-order valence-corrected chi connectivity index (χ3v) is 4.56. The molecular weight excluding hydrogens is 334 g/mol. The minimum Gasteiger partial charge on any atom is -0.508 e. The Balaban J connectivity index is 0.00000192. The van der Waals surface area contributed by atoms with Crippen molar-refractivity contribution in [3.8, 4) is 5.75 Å². The molecule has 0 bridgehead atoms. The molecule has 0 spiro atoms. The summed E-state index contributed by atoms with van der Waals surface area (Å²) in [5.74, 6) is 0.746. The summed E-state index contributed by atoms with van der Waals surface area (Å²) >= 11 is 1.41. The second-order valence-corrected chi connectivity index (χ2v) is 6.57. The Morgan fingerprint density at radius 2 is 2.22 bits per heavy atom. The Hall–Kier alpha value is -1.63. The fraction of sp³-hybridized carbons (Fsp3) is 0.375. The average Bonchev–Trinajstić information content (AvgIpc) is 3.19. The summed E-state index contributed by atoms with van der Waals surface area (Å²) in [5, 5.41) is 12.1. The maximum Gasteiger partial charge on any atom is 0.273 e. The number of rotatable bonds is 6. The highest BCUT2D eigenvalue weighted by Crippen LogP contribution is 2.31. The Morgan fingerprint density at radius 3 is 2.83 bits per heavy atom. The first-order valence-electron chi connectivity index (χ1n) is 7.37. The summed E-state index contributed by atoms with van der Waals surface area (Å²) in [6, 6.07) is 7.03. The quantitative estimate of drug-likeness (QED) is 0.836. The van der Waals surface area contributed by atoms with Gasteiger partial charge < -0.3 is 15.7 Å². The van der Waals surface area contributed by atoms with Crippen molar-refractivity contribution in [1.29, 1.82) is 0 Å². The zero-order valence-electron chi connectivity index (χ0n) is 12.6. The van der Waals surface area contributed by atoms with Crippen LogP contribution in [0.2, 0.25) is 0 Å². The Bertz CT molecular complexity index is 673. The Kier molecular flexibility index (Phi) is 5.98. The van der Waals surface area contributed by atoms with Crippen LogP contribution in [0, 0.1) is 5.92 Å². The summed E-state index contributed by atoms with van der Waals surface area (Å²) < 4.78 is 0. The van der Waals surface area contributed by atoms with E-state index in [0.717, 1.165) is 17.1 Å². The lowest BCUT2D eigenvalue weighted by Gasteiger charge is -2.22. The molecule has 1 heterocycles. The number of phenolic OH excluding ortho intramolecular Hbond substituents is 1. The van der Waals surface area contributed by atoms with Crippen LogP contribution in [0.5, 0.6) is 5.75 Å². The van der Waals surface area contributed by atoms with Gasteiger partial charge in [0.2, 0.25) is 0 Å². The van der Waals surface area contributed by atoms with Crippen LogP contribution >= 0.6 is 23.7 Å². The number of thiazole rings is 1. The van der Waals surface area contributed by atoms with Crippen molar-refractivity contribution in [1.82, 2.24) is 9.88 Å². The largest absolute Gasteiger partial charge is 0.508 e. The molecule has 0 atom stereocenters. The highest BCUT2D eigenvalue weighted by atomic mass is 35.5. The van der Waals surface area contributed by atoms with Crippen LogP contribution in [0.25, 0.3) is 0 Å². The minimum absolute atomic E-state index is 0. The molecule has 0 unspecified atom stereocenters. The van der Waals surface area contributed by atoms with Crippen molar-refractivity contribution in [3.05, 3.63) is 45.9 Å². The molecule has 1 fully saturated rings. The fourth-order valence-corrected chi connectivity index (χ4v) is 3.02. The molecule has 5 nitrogen and oxygen atoms in total. The monoisotopic (exact) mass is 353 g/mol. The van der Waals surface area contributed by atoms with E-state index in [-0.39, 0.29) is 24.1 Å². The van der Waals surface area contributed by atoms with Crippen molar-refractivity contribution in [2.45, 2.75) is 25.9 Å². The molecule has 0 aliphatic heterocycles. The molecule has 0 radical (unpaired) electrons. The van der Waals surface area contributed by atoms with Gasteiger partial charge in [0.1, 0.15) is 16.5 Å². The second-order valence-electron chi connectivity index (χ2n) is 5.63. The van der Waals surface area contributed by atoms with Crippen molar-refractivity contribution < 1.29 is 9.90 Å². The van der Waals surface area contributed by atoms with Gasteiger partial charge >= 0.3 is 0 Å². The topological polar surface area (TPSA) is 79.5 Å². The van der Waals surface area contributed by atoms with Crippen LogP contribution in [0.1, 0.15) is 33.9 Å². The number of carbonyl (C=O) groups is 1. The normalized spacial score (nSPS) is 13.4. The van der Waals surface area contributed by atoms with Crippen LogP contribution in [0.3, 0.4) is 0 Å². The third kappa shape index (κ3) is 4.67. The van der Waals surface area contributed by atoms with Crippen molar-refractivity contribution in [2.24, 2.45) is 11.7 Å². The van der Waals surface area contributed by atoms with Crippen LogP contribution in [0.15, 0.2) is 29.6 Å². The second kappa shape index (κ2) is 7.77. The number of hydrogen-bond donors (Lipinski definition) is 2. The van der Waals surface area contributed by atoms with E-state index < -0.39 is 0 Å². The molecule has 124 valence electrons. The molecule has 7 heteroatoms. The molecule has 3 rings (SSSR count). The summed E-state index contributed by atoms with van der Waals surface area (Å²) in [6.07, 6.45) is 2.35. The Morgan fingerprint density at radius 1 is 1.43 bits per heavy atom. The summed E-state index contributed by atoms with van der Waals surface area (Å²) in [4.78, 5) is 18.8. The Labute approximate surface area is 145 Å². The lowest BCUT2D eigenvalue weighted by atomic mass is 10.2. The van der Waals surface area contributed by atoms with Crippen LogP contribution in [-0.2, 0) is 13.1 Å². The number of hydrogen-bond acceptors (Lipinski definition) is 5. The smallest absolute Gasteiger partial charge is 0.273 e. The van der Waals surface area contributed by atoms with Gasteiger partial charge in [-0.25, -0.2) is 4.98 Å². The van der Waals surface area contributed by atoms with E-state index in [1.807, 2.05) is 11.0 Å². The van der Waals surface area contributed by atoms with Gasteiger partial charge in [0, 0.05) is 25.0 Å². The number of nitrogens with zero attached hydrogens (tertiary/aromatic N) is 2. The number of carbonyl (C=O) groups excluding carboxylic acids is 1. The molecular formula is C16H20ClN3O2S. The van der Waals surface area contributed by atoms with E-state index in [4.69, 9.17) is 5.73 Å². The number of benzene rings is 1. The zero-order valence-corrected chi connectivity index (χ0v) is 14.3. The summed E-state index contributed by atoms with van der Waals surface area (Å²) in [7, 11) is 0. The standard InChI is InChI=1S/C16H19N3O2S.ClH/c17-7-15-18-14(10-22-15)16(21)19(8-11-4-5-11)9-12-2-1-3-13(20)6-12;/h1-3,6,10-11,20H,4-5,7-9,17H2;1H. The SMILES string of the molecule is Cl.NCc1nc(C(=O)N(Cc2cccc(O)c2)CC2CC2)cs1. The van der Waals surface area contributed by atoms with E-state index in [1.54, 1.807) is 23.6 Å². The van der Waals surface area contributed by atoms with Crippen molar-refractivity contribution in [3.63, 3.8) is 0 Å². The lowest BCUT2D eigenvalue weighted by Crippen LogP contribution is -2.32. The van der Waals surface area contributed by atoms with Gasteiger partial charge in [0.05, 0.1) is 0 Å². The molecule has 3 N–H and O–H groups in total. The van der Waals surface area contributed by atoms with E-state index >= 15 is 0 Å². The number of aromatic hydroxyl groups is 1. The molecule has 1 saturated carbocycles. The predicted molar refractivity (Wildman–Crippen MR) is 92.8 cm³/mol. The molecule has 1 aromatic carbocycles. The highest BCUT2D eigenvalue weighted by Gasteiger charge is 2.28. The first kappa shape index (κ1) is 17.7. The number of amides is 1. The molecule has 2 aromatic rings. The average molecular weight is 354 g/mol. The van der Waals surface area contributed by atoms with Gasteiger partial charge in [-0.2, -0.15) is 0 Å².